The van der Waals surface area contributed by atoms with E-state index in [-0.39, 0.29) is 32.1 Å². The molecule has 2 atom stereocenters. The van der Waals surface area contributed by atoms with E-state index in [1.54, 1.807) is 0 Å². The van der Waals surface area contributed by atoms with Gasteiger partial charge in [-0.25, -0.2) is 4.57 Å². The van der Waals surface area contributed by atoms with E-state index in [0.717, 1.165) is 57.8 Å². The second-order valence-corrected chi connectivity index (χ2v) is 15.8. The number of unbranched alkanes of at least 4 members (excludes halogenated alkanes) is 23. The number of aliphatic hydroxyl groups is 1. The van der Waals surface area contributed by atoms with Crippen molar-refractivity contribution in [2.45, 2.75) is 206 Å². The average Bonchev–Trinajstić information content (AvgIpc) is 3.13. The van der Waals surface area contributed by atoms with Gasteiger partial charge in [-0.05, 0) is 44.9 Å². The van der Waals surface area contributed by atoms with Crippen LogP contribution in [-0.2, 0) is 27.9 Å². The minimum atomic E-state index is -4.41. The van der Waals surface area contributed by atoms with Crippen molar-refractivity contribution in [1.82, 2.24) is 5.32 Å². The third-order valence-corrected chi connectivity index (χ3v) is 10.1. The molecule has 0 saturated carbocycles. The molecule has 52 heavy (non-hydrogen) atoms. The van der Waals surface area contributed by atoms with Gasteiger partial charge in [0.05, 0.1) is 13.2 Å². The number of rotatable bonds is 40. The Kier molecular flexibility index (Phi) is 38.1. The first-order chi connectivity index (χ1) is 25.3. The monoisotopic (exact) mass is 758 g/mol. The number of hydrogen-bond acceptors (Lipinski definition) is 7. The summed E-state index contributed by atoms with van der Waals surface area (Å²) >= 11 is 0. The molecule has 0 aromatic heterocycles. The summed E-state index contributed by atoms with van der Waals surface area (Å²) in [7, 11) is -4.41. The van der Waals surface area contributed by atoms with Gasteiger partial charge in [0, 0.05) is 19.4 Å². The molecule has 0 radical (unpaired) electrons. The van der Waals surface area contributed by atoms with E-state index >= 15 is 0 Å². The molecule has 0 spiro atoms. The number of phosphoric ester groups is 1. The van der Waals surface area contributed by atoms with E-state index in [1.165, 1.54) is 116 Å². The summed E-state index contributed by atoms with van der Waals surface area (Å²) in [5.41, 5.74) is 0. The van der Waals surface area contributed by atoms with Crippen LogP contribution in [0.1, 0.15) is 200 Å². The zero-order valence-corrected chi connectivity index (χ0v) is 34.4. The van der Waals surface area contributed by atoms with Crippen molar-refractivity contribution in [3.63, 3.8) is 0 Å². The van der Waals surface area contributed by atoms with Crippen molar-refractivity contribution in [3.05, 3.63) is 24.3 Å². The highest BCUT2D eigenvalue weighted by atomic mass is 31.2. The van der Waals surface area contributed by atoms with Gasteiger partial charge in [0.15, 0.2) is 0 Å². The molecule has 306 valence electrons. The average molecular weight is 758 g/mol. The lowest BCUT2D eigenvalue weighted by atomic mass is 10.0. The fourth-order valence-electron chi connectivity index (χ4n) is 5.88. The zero-order chi connectivity index (χ0) is 38.2. The van der Waals surface area contributed by atoms with Gasteiger partial charge >= 0.3 is 13.8 Å². The molecule has 2 unspecified atom stereocenters. The summed E-state index contributed by atoms with van der Waals surface area (Å²) in [6.07, 6.45) is 41.0. The lowest BCUT2D eigenvalue weighted by molar-refractivity contribution is -0.147. The molecule has 1 amide bonds. The molecule has 0 aliphatic carbocycles. The Bertz CT molecular complexity index is 912. The molecule has 0 rings (SSSR count). The van der Waals surface area contributed by atoms with E-state index in [0.29, 0.717) is 6.42 Å². The van der Waals surface area contributed by atoms with Crippen LogP contribution >= 0.6 is 7.82 Å². The van der Waals surface area contributed by atoms with Crippen molar-refractivity contribution in [2.24, 2.45) is 0 Å². The molecule has 10 heteroatoms. The number of amides is 1. The van der Waals surface area contributed by atoms with Crippen molar-refractivity contribution in [3.8, 4) is 0 Å². The van der Waals surface area contributed by atoms with Crippen LogP contribution in [0.4, 0.5) is 0 Å². The largest absolute Gasteiger partial charge is 0.472 e. The van der Waals surface area contributed by atoms with Crippen molar-refractivity contribution in [1.29, 1.82) is 0 Å². The third kappa shape index (κ3) is 39.7. The highest BCUT2D eigenvalue weighted by Gasteiger charge is 2.23. The minimum Gasteiger partial charge on any atom is -0.463 e. The Morgan fingerprint density at radius 1 is 0.596 bits per heavy atom. The smallest absolute Gasteiger partial charge is 0.463 e. The van der Waals surface area contributed by atoms with Gasteiger partial charge in [0.1, 0.15) is 12.7 Å². The summed E-state index contributed by atoms with van der Waals surface area (Å²) in [5.74, 6) is -0.519. The van der Waals surface area contributed by atoms with Crippen LogP contribution in [0.3, 0.4) is 0 Å². The number of phosphoric acid groups is 1. The second kappa shape index (κ2) is 39.2. The molecular formula is C42H80NO8P. The first-order valence-electron chi connectivity index (χ1n) is 21.3. The standard InChI is InChI=1S/C42H80NO8P/c1-3-5-7-9-11-13-15-17-19-20-21-23-25-27-29-31-33-35-42(46)49-38-40(44)39-51-52(47,48)50-37-36-43-41(45)34-32-30-28-26-24-22-18-16-14-12-10-8-6-4-2/h11,13,17,19,40,44H,3-10,12,14-16,18,20-39H2,1-2H3,(H,43,45)(H,47,48)/b13-11-,19-17-. The molecule has 0 aliphatic heterocycles. The number of nitrogens with one attached hydrogen (secondary N) is 1. The second-order valence-electron chi connectivity index (χ2n) is 14.3. The van der Waals surface area contributed by atoms with Gasteiger partial charge in [0.25, 0.3) is 0 Å². The molecule has 0 aromatic rings. The fourth-order valence-corrected chi connectivity index (χ4v) is 6.64. The van der Waals surface area contributed by atoms with Gasteiger partial charge in [-0.15, -0.1) is 0 Å². The molecule has 0 heterocycles. The Labute approximate surface area is 319 Å². The third-order valence-electron chi connectivity index (χ3n) is 9.13. The lowest BCUT2D eigenvalue weighted by Gasteiger charge is -2.15. The summed E-state index contributed by atoms with van der Waals surface area (Å²) in [6.45, 7) is 3.53. The summed E-state index contributed by atoms with van der Waals surface area (Å²) in [5, 5.41) is 12.7. The van der Waals surface area contributed by atoms with E-state index in [4.69, 9.17) is 13.8 Å². The maximum Gasteiger partial charge on any atom is 0.472 e. The zero-order valence-electron chi connectivity index (χ0n) is 33.5. The van der Waals surface area contributed by atoms with Crippen LogP contribution in [0.25, 0.3) is 0 Å². The van der Waals surface area contributed by atoms with E-state index < -0.39 is 26.5 Å². The Morgan fingerprint density at radius 3 is 1.58 bits per heavy atom. The number of hydrogen-bond donors (Lipinski definition) is 3. The predicted molar refractivity (Wildman–Crippen MR) is 215 cm³/mol. The number of aliphatic hydroxyl groups excluding tert-OH is 1. The molecule has 0 fully saturated rings. The van der Waals surface area contributed by atoms with Gasteiger partial charge < -0.3 is 20.1 Å². The van der Waals surface area contributed by atoms with Gasteiger partial charge in [-0.1, -0.05) is 167 Å². The van der Waals surface area contributed by atoms with Crippen LogP contribution in [-0.4, -0.2) is 54.3 Å². The quantitative estimate of drug-likeness (QED) is 0.0244. The molecule has 0 aliphatic rings. The first-order valence-corrected chi connectivity index (χ1v) is 22.8. The van der Waals surface area contributed by atoms with Crippen LogP contribution in [0.15, 0.2) is 24.3 Å². The predicted octanol–water partition coefficient (Wildman–Crippen LogP) is 11.6. The SMILES string of the molecule is CCCCC/C=C\C/C=C\CCCCCCCCCC(=O)OCC(O)COP(=O)(O)OCCNC(=O)CCCCCCCCCCCCCCCC. The van der Waals surface area contributed by atoms with E-state index in [9.17, 15) is 24.2 Å². The highest BCUT2D eigenvalue weighted by Crippen LogP contribution is 2.42. The summed E-state index contributed by atoms with van der Waals surface area (Å²) in [4.78, 5) is 33.9. The van der Waals surface area contributed by atoms with Gasteiger partial charge in [-0.2, -0.15) is 0 Å². The molecule has 0 bridgehead atoms. The lowest BCUT2D eigenvalue weighted by Crippen LogP contribution is -2.27. The number of ether oxygens (including phenoxy) is 1. The minimum absolute atomic E-state index is 0.0840. The Morgan fingerprint density at radius 2 is 1.04 bits per heavy atom. The van der Waals surface area contributed by atoms with Gasteiger partial charge in [-0.3, -0.25) is 18.6 Å². The molecule has 0 aromatic carbocycles. The number of carbonyl (C=O) groups is 2. The van der Waals surface area contributed by atoms with Crippen LogP contribution in [0, 0.1) is 0 Å². The highest BCUT2D eigenvalue weighted by molar-refractivity contribution is 7.47. The van der Waals surface area contributed by atoms with E-state index in [1.807, 2.05) is 0 Å². The van der Waals surface area contributed by atoms with Crippen LogP contribution < -0.4 is 5.32 Å². The Balaban J connectivity index is 3.60. The summed E-state index contributed by atoms with van der Waals surface area (Å²) in [6, 6.07) is 0. The van der Waals surface area contributed by atoms with Crippen LogP contribution in [0.2, 0.25) is 0 Å². The molecule has 3 N–H and O–H groups in total. The number of carbonyl (C=O) groups excluding carboxylic acids is 2. The topological polar surface area (TPSA) is 131 Å². The maximum atomic E-state index is 12.1. The first kappa shape index (κ1) is 50.5. The van der Waals surface area contributed by atoms with Crippen molar-refractivity contribution >= 4 is 19.7 Å². The normalized spacial score (nSPS) is 13.5. The molecular weight excluding hydrogens is 677 g/mol. The maximum absolute atomic E-state index is 12.1. The Hall–Kier alpha value is -1.51. The number of esters is 1. The van der Waals surface area contributed by atoms with Gasteiger partial charge in [0.2, 0.25) is 5.91 Å². The van der Waals surface area contributed by atoms with Crippen molar-refractivity contribution < 1.29 is 37.9 Å². The summed E-state index contributed by atoms with van der Waals surface area (Å²) < 4.78 is 26.8. The number of allylic oxidation sites excluding steroid dienone is 4. The molecule has 0 saturated heterocycles. The van der Waals surface area contributed by atoms with Crippen LogP contribution in [0.5, 0.6) is 0 Å². The molecule has 9 nitrogen and oxygen atoms in total. The van der Waals surface area contributed by atoms with Crippen molar-refractivity contribution in [2.75, 3.05) is 26.4 Å². The fraction of sp³-hybridized carbons (Fsp3) is 0.857. The van der Waals surface area contributed by atoms with E-state index in [2.05, 4.69) is 43.5 Å².